The third-order valence-corrected chi connectivity index (χ3v) is 2.60. The molecule has 0 aliphatic rings. The molecule has 1 rings (SSSR count). The molecule has 1 aromatic heterocycles. The van der Waals surface area contributed by atoms with Gasteiger partial charge in [0, 0.05) is 11.5 Å². The fourth-order valence-corrected chi connectivity index (χ4v) is 1.56. The van der Waals surface area contributed by atoms with Gasteiger partial charge >= 0.3 is 0 Å². The van der Waals surface area contributed by atoms with E-state index in [4.69, 9.17) is 10.3 Å². The topological polar surface area (TPSA) is 52.0 Å². The molecule has 0 aliphatic carbocycles. The van der Waals surface area contributed by atoms with Crippen LogP contribution in [0.5, 0.6) is 0 Å². The minimum absolute atomic E-state index is 0.0200. The lowest BCUT2D eigenvalue weighted by Gasteiger charge is -2.20. The van der Waals surface area contributed by atoms with Crippen molar-refractivity contribution in [3.63, 3.8) is 0 Å². The molecule has 84 valence electrons. The normalized spacial score (nSPS) is 12.5. The van der Waals surface area contributed by atoms with E-state index in [2.05, 4.69) is 31.2 Å². The van der Waals surface area contributed by atoms with Gasteiger partial charge in [0.25, 0.3) is 0 Å². The number of allylic oxidation sites excluding steroid dienone is 2. The Morgan fingerprint density at radius 1 is 1.53 bits per heavy atom. The minimum Gasteiger partial charge on any atom is -0.381 e. The molecule has 0 amide bonds. The maximum atomic E-state index is 5.54. The van der Waals surface area contributed by atoms with Crippen molar-refractivity contribution in [1.29, 1.82) is 0 Å². The van der Waals surface area contributed by atoms with Gasteiger partial charge in [0.05, 0.1) is 0 Å². The van der Waals surface area contributed by atoms with Crippen molar-refractivity contribution < 1.29 is 4.52 Å². The standard InChI is InChI=1S/C12H20N2O/c1-4-5-6-7-8-12(2,3)10-9-11(13)14-15-10/h4-5,9H,6-8H2,1-3H3,(H2,13,14)/b5-4+. The Balaban J connectivity index is 2.51. The van der Waals surface area contributed by atoms with Crippen molar-refractivity contribution in [2.24, 2.45) is 0 Å². The number of hydrogen-bond acceptors (Lipinski definition) is 3. The first-order valence-electron chi connectivity index (χ1n) is 5.40. The Labute approximate surface area is 91.3 Å². The predicted octanol–water partition coefficient (Wildman–Crippen LogP) is 3.28. The van der Waals surface area contributed by atoms with Gasteiger partial charge in [-0.1, -0.05) is 31.2 Å². The lowest BCUT2D eigenvalue weighted by atomic mass is 9.84. The largest absolute Gasteiger partial charge is 0.381 e. The molecule has 0 fully saturated rings. The van der Waals surface area contributed by atoms with E-state index >= 15 is 0 Å². The lowest BCUT2D eigenvalue weighted by molar-refractivity contribution is 0.302. The maximum Gasteiger partial charge on any atom is 0.167 e. The summed E-state index contributed by atoms with van der Waals surface area (Å²) in [4.78, 5) is 0. The zero-order chi connectivity index (χ0) is 11.3. The van der Waals surface area contributed by atoms with Crippen molar-refractivity contribution in [3.05, 3.63) is 24.0 Å². The Morgan fingerprint density at radius 2 is 2.27 bits per heavy atom. The fraction of sp³-hybridized carbons (Fsp3) is 0.583. The molecule has 0 aromatic carbocycles. The molecule has 15 heavy (non-hydrogen) atoms. The SMILES string of the molecule is C/C=C/CCCC(C)(C)c1cc(N)no1. The smallest absolute Gasteiger partial charge is 0.167 e. The number of rotatable bonds is 5. The minimum atomic E-state index is 0.0200. The van der Waals surface area contributed by atoms with E-state index in [-0.39, 0.29) is 5.41 Å². The van der Waals surface area contributed by atoms with Crippen molar-refractivity contribution in [1.82, 2.24) is 5.16 Å². The van der Waals surface area contributed by atoms with Crippen LogP contribution in [0.25, 0.3) is 0 Å². The highest BCUT2D eigenvalue weighted by Gasteiger charge is 2.24. The van der Waals surface area contributed by atoms with Gasteiger partial charge < -0.3 is 10.3 Å². The zero-order valence-electron chi connectivity index (χ0n) is 9.79. The van der Waals surface area contributed by atoms with Crippen LogP contribution in [0.3, 0.4) is 0 Å². The zero-order valence-corrected chi connectivity index (χ0v) is 9.79. The summed E-state index contributed by atoms with van der Waals surface area (Å²) in [5.41, 5.74) is 5.56. The van der Waals surface area contributed by atoms with Crippen molar-refractivity contribution >= 4 is 5.82 Å². The highest BCUT2D eigenvalue weighted by molar-refractivity contribution is 5.29. The molecule has 2 N–H and O–H groups in total. The Morgan fingerprint density at radius 3 is 2.80 bits per heavy atom. The molecule has 0 bridgehead atoms. The molecule has 1 aromatic rings. The summed E-state index contributed by atoms with van der Waals surface area (Å²) >= 11 is 0. The van der Waals surface area contributed by atoms with Gasteiger partial charge in [0.1, 0.15) is 5.76 Å². The summed E-state index contributed by atoms with van der Waals surface area (Å²) in [6, 6.07) is 1.82. The van der Waals surface area contributed by atoms with Gasteiger partial charge in [-0.25, -0.2) is 0 Å². The molecule has 3 nitrogen and oxygen atoms in total. The number of hydrogen-bond donors (Lipinski definition) is 1. The molecular weight excluding hydrogens is 188 g/mol. The van der Waals surface area contributed by atoms with Crippen LogP contribution in [0.1, 0.15) is 45.8 Å². The average molecular weight is 208 g/mol. The molecule has 1 heterocycles. The van der Waals surface area contributed by atoms with Gasteiger partial charge in [-0.05, 0) is 26.2 Å². The maximum absolute atomic E-state index is 5.54. The highest BCUT2D eigenvalue weighted by Crippen LogP contribution is 2.29. The second-order valence-electron chi connectivity index (χ2n) is 4.46. The van der Waals surface area contributed by atoms with Crippen molar-refractivity contribution in [3.8, 4) is 0 Å². The second-order valence-corrected chi connectivity index (χ2v) is 4.46. The van der Waals surface area contributed by atoms with Gasteiger partial charge in [-0.3, -0.25) is 0 Å². The molecule has 0 aliphatic heterocycles. The Hall–Kier alpha value is -1.25. The summed E-state index contributed by atoms with van der Waals surface area (Å²) in [6.45, 7) is 6.35. The van der Waals surface area contributed by atoms with Crippen LogP contribution < -0.4 is 5.73 Å². The monoisotopic (exact) mass is 208 g/mol. The van der Waals surface area contributed by atoms with Gasteiger partial charge in [0.2, 0.25) is 0 Å². The Bertz CT molecular complexity index is 326. The summed E-state index contributed by atoms with van der Waals surface area (Å²) in [6.07, 6.45) is 7.61. The van der Waals surface area contributed by atoms with E-state index in [0.29, 0.717) is 5.82 Å². The lowest BCUT2D eigenvalue weighted by Crippen LogP contribution is -2.15. The van der Waals surface area contributed by atoms with Gasteiger partial charge in [-0.15, -0.1) is 0 Å². The second kappa shape index (κ2) is 5.01. The van der Waals surface area contributed by atoms with E-state index in [9.17, 15) is 0 Å². The molecule has 0 unspecified atom stereocenters. The highest BCUT2D eigenvalue weighted by atomic mass is 16.5. The van der Waals surface area contributed by atoms with E-state index in [0.717, 1.165) is 25.0 Å². The summed E-state index contributed by atoms with van der Waals surface area (Å²) in [5, 5.41) is 3.72. The summed E-state index contributed by atoms with van der Waals surface area (Å²) in [7, 11) is 0. The summed E-state index contributed by atoms with van der Waals surface area (Å²) < 4.78 is 5.19. The quantitative estimate of drug-likeness (QED) is 0.596. The van der Waals surface area contributed by atoms with Crippen LogP contribution in [-0.4, -0.2) is 5.16 Å². The van der Waals surface area contributed by atoms with Crippen molar-refractivity contribution in [2.75, 3.05) is 5.73 Å². The van der Waals surface area contributed by atoms with Gasteiger partial charge in [-0.2, -0.15) is 0 Å². The molecule has 3 heteroatoms. The van der Waals surface area contributed by atoms with E-state index in [1.807, 2.05) is 13.0 Å². The summed E-state index contributed by atoms with van der Waals surface area (Å²) in [5.74, 6) is 1.34. The fourth-order valence-electron chi connectivity index (χ4n) is 1.56. The molecule has 0 saturated heterocycles. The van der Waals surface area contributed by atoms with Crippen LogP contribution >= 0.6 is 0 Å². The number of nitrogens with zero attached hydrogens (tertiary/aromatic N) is 1. The molecule has 0 radical (unpaired) electrons. The van der Waals surface area contributed by atoms with Crippen LogP contribution in [0.4, 0.5) is 5.82 Å². The van der Waals surface area contributed by atoms with E-state index in [1.165, 1.54) is 0 Å². The first-order valence-corrected chi connectivity index (χ1v) is 5.40. The first kappa shape index (κ1) is 11.8. The van der Waals surface area contributed by atoms with Gasteiger partial charge in [0.15, 0.2) is 5.82 Å². The number of aromatic nitrogens is 1. The Kier molecular flexibility index (Phi) is 3.95. The van der Waals surface area contributed by atoms with E-state index < -0.39 is 0 Å². The first-order chi connectivity index (χ1) is 7.06. The third-order valence-electron chi connectivity index (χ3n) is 2.60. The third kappa shape index (κ3) is 3.42. The average Bonchev–Trinajstić information content (AvgIpc) is 2.60. The molecule has 0 spiro atoms. The number of unbranched alkanes of at least 4 members (excludes halogenated alkanes) is 1. The van der Waals surface area contributed by atoms with Crippen LogP contribution in [-0.2, 0) is 5.41 Å². The number of anilines is 1. The predicted molar refractivity (Wildman–Crippen MR) is 62.6 cm³/mol. The number of nitrogens with two attached hydrogens (primary N) is 1. The van der Waals surface area contributed by atoms with Crippen LogP contribution in [0.15, 0.2) is 22.7 Å². The number of nitrogen functional groups attached to an aromatic ring is 1. The molecule has 0 saturated carbocycles. The van der Waals surface area contributed by atoms with E-state index in [1.54, 1.807) is 0 Å². The molecular formula is C12H20N2O. The van der Waals surface area contributed by atoms with Crippen LogP contribution in [0.2, 0.25) is 0 Å². The molecule has 0 atom stereocenters. The van der Waals surface area contributed by atoms with Crippen LogP contribution in [0, 0.1) is 0 Å². The van der Waals surface area contributed by atoms with Crippen molar-refractivity contribution in [2.45, 2.75) is 45.4 Å².